The minimum absolute atomic E-state index is 0.0916. The second kappa shape index (κ2) is 8.12. The van der Waals surface area contributed by atoms with E-state index >= 15 is 0 Å². The predicted molar refractivity (Wildman–Crippen MR) is 113 cm³/mol. The first-order valence-corrected chi connectivity index (χ1v) is 10.6. The fourth-order valence-electron chi connectivity index (χ4n) is 3.94. The van der Waals surface area contributed by atoms with Crippen molar-refractivity contribution in [2.75, 3.05) is 31.1 Å². The molecular weight excluding hydrogens is 407 g/mol. The molecule has 0 radical (unpaired) electrons. The average molecular weight is 433 g/mol. The smallest absolute Gasteiger partial charge is 0.330 e. The molecule has 6 nitrogen and oxygen atoms in total. The zero-order chi connectivity index (χ0) is 21.5. The Balaban J connectivity index is 1.51. The Morgan fingerprint density at radius 1 is 1.13 bits per heavy atom. The summed E-state index contributed by atoms with van der Waals surface area (Å²) < 4.78 is 13.3. The van der Waals surface area contributed by atoms with Crippen molar-refractivity contribution in [2.45, 2.75) is 39.5 Å². The first kappa shape index (κ1) is 21.0. The number of benzene rings is 1. The molecule has 8 heteroatoms. The Morgan fingerprint density at radius 3 is 2.43 bits per heavy atom. The van der Waals surface area contributed by atoms with Crippen molar-refractivity contribution in [3.8, 4) is 0 Å². The number of hydrogen-bond donors (Lipinski definition) is 0. The molecule has 4 rings (SSSR count). The van der Waals surface area contributed by atoms with Crippen molar-refractivity contribution in [3.05, 3.63) is 52.2 Å². The molecular formula is C22H26ClFN4O2. The van der Waals surface area contributed by atoms with Crippen molar-refractivity contribution >= 4 is 23.4 Å². The molecule has 160 valence electrons. The van der Waals surface area contributed by atoms with E-state index in [1.165, 1.54) is 12.1 Å². The van der Waals surface area contributed by atoms with E-state index in [0.717, 1.165) is 35.5 Å². The van der Waals surface area contributed by atoms with E-state index in [9.17, 15) is 9.18 Å². The maximum Gasteiger partial charge on any atom is 0.330 e. The quantitative estimate of drug-likeness (QED) is 0.684. The number of carbonyl (C=O) groups is 1. The van der Waals surface area contributed by atoms with E-state index < -0.39 is 5.41 Å². The van der Waals surface area contributed by atoms with E-state index in [1.54, 1.807) is 5.06 Å². The van der Waals surface area contributed by atoms with Crippen LogP contribution in [0, 0.1) is 11.2 Å². The van der Waals surface area contributed by atoms with Gasteiger partial charge < -0.3 is 9.74 Å². The summed E-state index contributed by atoms with van der Waals surface area (Å²) in [6.07, 6.45) is 1.75. The Hall–Kier alpha value is -2.25. The van der Waals surface area contributed by atoms with Crippen LogP contribution in [0.5, 0.6) is 0 Å². The summed E-state index contributed by atoms with van der Waals surface area (Å²) >= 11 is 6.28. The first-order chi connectivity index (χ1) is 14.2. The molecule has 1 atom stereocenters. The highest BCUT2D eigenvalue weighted by molar-refractivity contribution is 6.28. The first-order valence-electron chi connectivity index (χ1n) is 10.3. The molecule has 0 N–H and O–H groups in total. The Morgan fingerprint density at radius 2 is 1.80 bits per heavy atom. The summed E-state index contributed by atoms with van der Waals surface area (Å²) in [4.78, 5) is 28.9. The number of hydrogen-bond acceptors (Lipinski definition) is 6. The lowest BCUT2D eigenvalue weighted by Crippen LogP contribution is -2.48. The molecule has 0 amide bonds. The van der Waals surface area contributed by atoms with Crippen molar-refractivity contribution < 1.29 is 14.0 Å². The maximum atomic E-state index is 13.3. The molecule has 0 spiro atoms. The number of rotatable bonds is 3. The van der Waals surface area contributed by atoms with E-state index in [0.29, 0.717) is 26.2 Å². The summed E-state index contributed by atoms with van der Waals surface area (Å²) in [5, 5.41) is 1.94. The predicted octanol–water partition coefficient (Wildman–Crippen LogP) is 3.97. The van der Waals surface area contributed by atoms with E-state index in [2.05, 4.69) is 14.9 Å². The van der Waals surface area contributed by atoms with Gasteiger partial charge in [0, 0.05) is 24.6 Å². The third kappa shape index (κ3) is 4.27. The second-order valence-electron chi connectivity index (χ2n) is 8.87. The molecule has 2 heterocycles. The maximum absolute atomic E-state index is 13.3. The van der Waals surface area contributed by atoms with Gasteiger partial charge in [-0.3, -0.25) is 0 Å². The van der Waals surface area contributed by atoms with Gasteiger partial charge in [-0.15, -0.1) is 5.06 Å². The standard InChI is InChI=1S/C22H26ClFN4O2/c1-22(2,3)20(29)30-28-12-10-27(11-13-28)19-17-9-8-16(18(17)25-21(23)26-19)14-4-6-15(24)7-5-14/h4-7,16H,8-13H2,1-3H3. The molecule has 0 saturated carbocycles. The van der Waals surface area contributed by atoms with Crippen molar-refractivity contribution in [1.82, 2.24) is 15.0 Å². The van der Waals surface area contributed by atoms with Gasteiger partial charge in [-0.1, -0.05) is 12.1 Å². The molecule has 1 aliphatic carbocycles. The van der Waals surface area contributed by atoms with Gasteiger partial charge in [-0.2, -0.15) is 0 Å². The van der Waals surface area contributed by atoms with Crippen LogP contribution in [0.3, 0.4) is 0 Å². The van der Waals surface area contributed by atoms with Gasteiger partial charge in [0.2, 0.25) is 5.28 Å². The lowest BCUT2D eigenvalue weighted by Gasteiger charge is -2.35. The SMILES string of the molecule is CC(C)(C)C(=O)ON1CCN(c2nc(Cl)nc3c2CCC3c2ccc(F)cc2)CC1. The van der Waals surface area contributed by atoms with E-state index in [-0.39, 0.29) is 23.0 Å². The van der Waals surface area contributed by atoms with Gasteiger partial charge >= 0.3 is 5.97 Å². The topological polar surface area (TPSA) is 58.6 Å². The highest BCUT2D eigenvalue weighted by atomic mass is 35.5. The third-order valence-corrected chi connectivity index (χ3v) is 5.81. The minimum Gasteiger partial charge on any atom is -0.367 e. The number of piperazine rings is 1. The molecule has 1 aromatic carbocycles. The lowest BCUT2D eigenvalue weighted by atomic mass is 9.97. The molecule has 30 heavy (non-hydrogen) atoms. The molecule has 0 bridgehead atoms. The van der Waals surface area contributed by atoms with Gasteiger partial charge in [-0.25, -0.2) is 19.2 Å². The fourth-order valence-corrected chi connectivity index (χ4v) is 4.11. The number of halogens is 2. The van der Waals surface area contributed by atoms with Crippen LogP contribution in [-0.2, 0) is 16.1 Å². The highest BCUT2D eigenvalue weighted by Gasteiger charge is 2.33. The summed E-state index contributed by atoms with van der Waals surface area (Å²) in [5.41, 5.74) is 2.54. The summed E-state index contributed by atoms with van der Waals surface area (Å²) in [6, 6.07) is 6.59. The Bertz CT molecular complexity index is 937. The van der Waals surface area contributed by atoms with Crippen LogP contribution in [0.4, 0.5) is 10.2 Å². The van der Waals surface area contributed by atoms with Crippen molar-refractivity contribution in [2.24, 2.45) is 5.41 Å². The number of fused-ring (bicyclic) bond motifs is 1. The second-order valence-corrected chi connectivity index (χ2v) is 9.21. The van der Waals surface area contributed by atoms with Gasteiger partial charge in [-0.05, 0) is 62.9 Å². The van der Waals surface area contributed by atoms with E-state index in [4.69, 9.17) is 16.4 Å². The van der Waals surface area contributed by atoms with Gasteiger partial charge in [0.05, 0.1) is 24.2 Å². The molecule has 1 aliphatic heterocycles. The van der Waals surface area contributed by atoms with Gasteiger partial charge in [0.1, 0.15) is 11.6 Å². The van der Waals surface area contributed by atoms with E-state index in [1.807, 2.05) is 32.9 Å². The number of anilines is 1. The highest BCUT2D eigenvalue weighted by Crippen LogP contribution is 2.41. The molecule has 1 saturated heterocycles. The summed E-state index contributed by atoms with van der Waals surface area (Å²) in [6.45, 7) is 8.08. The summed E-state index contributed by atoms with van der Waals surface area (Å²) in [7, 11) is 0. The van der Waals surface area contributed by atoms with Crippen LogP contribution >= 0.6 is 11.6 Å². The van der Waals surface area contributed by atoms with Crippen LogP contribution in [-0.4, -0.2) is 47.2 Å². The van der Waals surface area contributed by atoms with Crippen LogP contribution < -0.4 is 4.90 Å². The molecule has 1 unspecified atom stereocenters. The van der Waals surface area contributed by atoms with Gasteiger partial charge in [0.25, 0.3) is 0 Å². The molecule has 2 aromatic rings. The molecule has 2 aliphatic rings. The third-order valence-electron chi connectivity index (χ3n) is 5.64. The number of aromatic nitrogens is 2. The monoisotopic (exact) mass is 432 g/mol. The molecule has 1 aromatic heterocycles. The normalized spacial score (nSPS) is 19.6. The Kier molecular flexibility index (Phi) is 5.68. The number of carbonyl (C=O) groups excluding carboxylic acids is 1. The Labute approximate surface area is 181 Å². The van der Waals surface area contributed by atoms with Crippen LogP contribution in [0.1, 0.15) is 49.9 Å². The molecule has 1 fully saturated rings. The van der Waals surface area contributed by atoms with Crippen LogP contribution in [0.25, 0.3) is 0 Å². The fraction of sp³-hybridized carbons (Fsp3) is 0.500. The largest absolute Gasteiger partial charge is 0.367 e. The summed E-state index contributed by atoms with van der Waals surface area (Å²) in [5.74, 6) is 0.470. The van der Waals surface area contributed by atoms with Crippen molar-refractivity contribution in [3.63, 3.8) is 0 Å². The number of nitrogens with zero attached hydrogens (tertiary/aromatic N) is 4. The lowest BCUT2D eigenvalue weighted by molar-refractivity contribution is -0.201. The van der Waals surface area contributed by atoms with Crippen LogP contribution in [0.15, 0.2) is 24.3 Å². The number of hydroxylamine groups is 2. The minimum atomic E-state index is -0.534. The average Bonchev–Trinajstić information content (AvgIpc) is 3.11. The van der Waals surface area contributed by atoms with Gasteiger partial charge in [0.15, 0.2) is 0 Å². The van der Waals surface area contributed by atoms with Crippen LogP contribution in [0.2, 0.25) is 5.28 Å². The zero-order valence-corrected chi connectivity index (χ0v) is 18.2. The van der Waals surface area contributed by atoms with Crippen molar-refractivity contribution in [1.29, 1.82) is 0 Å². The zero-order valence-electron chi connectivity index (χ0n) is 17.5.